The topological polar surface area (TPSA) is 57.9 Å². The number of benzene rings is 1. The third-order valence-electron chi connectivity index (χ3n) is 1.55. The number of carbonyl (C=O) groups is 2. The summed E-state index contributed by atoms with van der Waals surface area (Å²) in [5.74, 6) is -0.774. The molecule has 1 amide bonds. The largest absolute Gasteiger partial charge is 0.295 e. The number of ketones is 1. The van der Waals surface area contributed by atoms with Gasteiger partial charge in [0.25, 0.3) is 5.91 Å². The molecular formula is C9H8NO2. The Kier molecular flexibility index (Phi) is 2.24. The summed E-state index contributed by atoms with van der Waals surface area (Å²) >= 11 is 0. The van der Waals surface area contributed by atoms with Gasteiger partial charge in [0.05, 0.1) is 0 Å². The molecule has 0 heterocycles. The molecule has 0 aromatic heterocycles. The molecule has 0 fully saturated rings. The van der Waals surface area contributed by atoms with Crippen LogP contribution in [0.1, 0.15) is 27.6 Å². The van der Waals surface area contributed by atoms with Crippen LogP contribution in [0.5, 0.6) is 0 Å². The van der Waals surface area contributed by atoms with Gasteiger partial charge in [0.1, 0.15) is 0 Å². The molecule has 1 radical (unpaired) electrons. The number of nitrogens with one attached hydrogen (secondary N) is 1. The molecule has 1 N–H and O–H groups in total. The Balaban J connectivity index is 3.01. The summed E-state index contributed by atoms with van der Waals surface area (Å²) in [7, 11) is 0. The van der Waals surface area contributed by atoms with Gasteiger partial charge in [0, 0.05) is 11.1 Å². The van der Waals surface area contributed by atoms with Crippen LogP contribution in [0.2, 0.25) is 0 Å². The van der Waals surface area contributed by atoms with Crippen LogP contribution < -0.4 is 5.73 Å². The first-order chi connectivity index (χ1) is 5.61. The monoisotopic (exact) mass is 162 g/mol. The highest BCUT2D eigenvalue weighted by Gasteiger charge is 2.02. The molecule has 0 unspecified atom stereocenters. The Morgan fingerprint density at radius 3 is 1.83 bits per heavy atom. The van der Waals surface area contributed by atoms with Crippen molar-refractivity contribution in [2.75, 3.05) is 0 Å². The number of amides is 1. The number of hydrogen-bond acceptors (Lipinski definition) is 2. The van der Waals surface area contributed by atoms with Crippen molar-refractivity contribution in [1.29, 1.82) is 0 Å². The molecular weight excluding hydrogens is 154 g/mol. The van der Waals surface area contributed by atoms with E-state index in [0.717, 1.165) is 0 Å². The lowest BCUT2D eigenvalue weighted by Crippen LogP contribution is -1.99. The first kappa shape index (κ1) is 8.46. The number of carbonyl (C=O) groups excluding carboxylic acids is 2. The van der Waals surface area contributed by atoms with Gasteiger partial charge >= 0.3 is 0 Å². The minimum atomic E-state index is -0.731. The average molecular weight is 162 g/mol. The van der Waals surface area contributed by atoms with Crippen LogP contribution in [0.4, 0.5) is 0 Å². The third kappa shape index (κ3) is 1.69. The molecule has 61 valence electrons. The standard InChI is InChI=1S/C9H8NO2/c1-6(11)7-2-4-8(5-3-7)9(10)12/h2-5,10H,1H3. The molecule has 0 atom stereocenters. The minimum Gasteiger partial charge on any atom is -0.295 e. The molecule has 0 saturated carbocycles. The lowest BCUT2D eigenvalue weighted by molar-refractivity contribution is 0.0986. The smallest absolute Gasteiger partial charge is 0.269 e. The van der Waals surface area contributed by atoms with E-state index in [0.29, 0.717) is 11.1 Å². The third-order valence-corrected chi connectivity index (χ3v) is 1.55. The maximum atomic E-state index is 10.8. The predicted octanol–water partition coefficient (Wildman–Crippen LogP) is 1.31. The summed E-state index contributed by atoms with van der Waals surface area (Å²) in [5.41, 5.74) is 7.63. The number of Topliss-reactive ketones (excluding diaryl/α,β-unsaturated/α-hetero) is 1. The van der Waals surface area contributed by atoms with E-state index in [-0.39, 0.29) is 5.78 Å². The minimum absolute atomic E-state index is 0.0426. The van der Waals surface area contributed by atoms with Crippen molar-refractivity contribution >= 4 is 11.7 Å². The summed E-state index contributed by atoms with van der Waals surface area (Å²) in [6.45, 7) is 1.46. The first-order valence-corrected chi connectivity index (χ1v) is 3.48. The fourth-order valence-electron chi connectivity index (χ4n) is 0.856. The van der Waals surface area contributed by atoms with Crippen molar-refractivity contribution in [2.45, 2.75) is 6.92 Å². The van der Waals surface area contributed by atoms with Crippen molar-refractivity contribution < 1.29 is 9.59 Å². The molecule has 1 aromatic rings. The second kappa shape index (κ2) is 3.17. The lowest BCUT2D eigenvalue weighted by Gasteiger charge is -1.95. The lowest BCUT2D eigenvalue weighted by atomic mass is 10.1. The van der Waals surface area contributed by atoms with Crippen LogP contribution in [-0.2, 0) is 0 Å². The molecule has 0 aliphatic rings. The molecule has 0 bridgehead atoms. The zero-order valence-corrected chi connectivity index (χ0v) is 6.63. The van der Waals surface area contributed by atoms with Crippen LogP contribution in [0, 0.1) is 0 Å². The van der Waals surface area contributed by atoms with E-state index < -0.39 is 5.91 Å². The van der Waals surface area contributed by atoms with E-state index in [9.17, 15) is 9.59 Å². The van der Waals surface area contributed by atoms with E-state index in [2.05, 4.69) is 0 Å². The summed E-state index contributed by atoms with van der Waals surface area (Å²) in [4.78, 5) is 21.3. The normalized spacial score (nSPS) is 9.42. The van der Waals surface area contributed by atoms with E-state index in [1.54, 1.807) is 12.1 Å². The average Bonchev–Trinajstić information content (AvgIpc) is 2.04. The SMILES string of the molecule is CC(=O)c1ccc(C([NH])=O)cc1. The summed E-state index contributed by atoms with van der Waals surface area (Å²) in [5, 5.41) is 0. The summed E-state index contributed by atoms with van der Waals surface area (Å²) in [6.07, 6.45) is 0. The Labute approximate surface area is 70.2 Å². The van der Waals surface area contributed by atoms with Crippen molar-refractivity contribution in [2.24, 2.45) is 0 Å². The highest BCUT2D eigenvalue weighted by molar-refractivity contribution is 5.96. The van der Waals surface area contributed by atoms with Crippen molar-refractivity contribution in [3.8, 4) is 0 Å². The maximum Gasteiger partial charge on any atom is 0.269 e. The highest BCUT2D eigenvalue weighted by atomic mass is 16.1. The van der Waals surface area contributed by atoms with Gasteiger partial charge in [-0.05, 0) is 19.1 Å². The van der Waals surface area contributed by atoms with Crippen molar-refractivity contribution in [3.63, 3.8) is 0 Å². The first-order valence-electron chi connectivity index (χ1n) is 3.48. The number of hydrogen-bond donors (Lipinski definition) is 0. The van der Waals surface area contributed by atoms with Gasteiger partial charge in [-0.15, -0.1) is 0 Å². The van der Waals surface area contributed by atoms with Gasteiger partial charge < -0.3 is 0 Å². The second-order valence-electron chi connectivity index (χ2n) is 2.46. The summed E-state index contributed by atoms with van der Waals surface area (Å²) < 4.78 is 0. The van der Waals surface area contributed by atoms with Gasteiger partial charge in [0.15, 0.2) is 5.78 Å². The highest BCUT2D eigenvalue weighted by Crippen LogP contribution is 2.04. The quantitative estimate of drug-likeness (QED) is 0.615. The molecule has 1 rings (SSSR count). The maximum absolute atomic E-state index is 10.8. The van der Waals surface area contributed by atoms with E-state index in [1.165, 1.54) is 19.1 Å². The zero-order valence-electron chi connectivity index (χ0n) is 6.63. The molecule has 3 nitrogen and oxygen atoms in total. The Bertz CT molecular complexity index is 281. The Hall–Kier alpha value is -1.64. The van der Waals surface area contributed by atoms with Gasteiger partial charge in [-0.2, -0.15) is 0 Å². The molecule has 0 saturated heterocycles. The van der Waals surface area contributed by atoms with Gasteiger partial charge in [-0.3, -0.25) is 15.3 Å². The van der Waals surface area contributed by atoms with Crippen molar-refractivity contribution in [1.82, 2.24) is 5.73 Å². The molecule has 0 spiro atoms. The Morgan fingerprint density at radius 1 is 1.08 bits per heavy atom. The fourth-order valence-corrected chi connectivity index (χ4v) is 0.856. The van der Waals surface area contributed by atoms with Crippen LogP contribution >= 0.6 is 0 Å². The second-order valence-corrected chi connectivity index (χ2v) is 2.46. The van der Waals surface area contributed by atoms with Crippen LogP contribution in [-0.4, -0.2) is 11.7 Å². The Morgan fingerprint density at radius 2 is 1.50 bits per heavy atom. The predicted molar refractivity (Wildman–Crippen MR) is 43.9 cm³/mol. The fraction of sp³-hybridized carbons (Fsp3) is 0.111. The number of rotatable bonds is 2. The molecule has 3 heteroatoms. The van der Waals surface area contributed by atoms with Crippen LogP contribution in [0.3, 0.4) is 0 Å². The van der Waals surface area contributed by atoms with Crippen LogP contribution in [0.25, 0.3) is 0 Å². The zero-order chi connectivity index (χ0) is 9.14. The molecule has 0 aliphatic carbocycles. The van der Waals surface area contributed by atoms with Crippen LogP contribution in [0.15, 0.2) is 24.3 Å². The van der Waals surface area contributed by atoms with Gasteiger partial charge in [-0.1, -0.05) is 12.1 Å². The summed E-state index contributed by atoms with van der Waals surface area (Å²) in [6, 6.07) is 6.05. The van der Waals surface area contributed by atoms with Crippen molar-refractivity contribution in [3.05, 3.63) is 35.4 Å². The van der Waals surface area contributed by atoms with E-state index in [4.69, 9.17) is 5.73 Å². The van der Waals surface area contributed by atoms with Gasteiger partial charge in [-0.25, -0.2) is 0 Å². The molecule has 0 aliphatic heterocycles. The van der Waals surface area contributed by atoms with E-state index in [1.807, 2.05) is 0 Å². The van der Waals surface area contributed by atoms with E-state index >= 15 is 0 Å². The molecule has 12 heavy (non-hydrogen) atoms. The van der Waals surface area contributed by atoms with Gasteiger partial charge in [0.2, 0.25) is 0 Å². The molecule has 1 aromatic carbocycles.